The summed E-state index contributed by atoms with van der Waals surface area (Å²) < 4.78 is 0. The number of hydrogen-bond acceptors (Lipinski definition) is 2. The predicted molar refractivity (Wildman–Crippen MR) is 94.7 cm³/mol. The molecule has 0 spiro atoms. The van der Waals surface area contributed by atoms with E-state index in [-0.39, 0.29) is 11.9 Å². The third kappa shape index (κ3) is 3.45. The first-order chi connectivity index (χ1) is 11.0. The van der Waals surface area contributed by atoms with Gasteiger partial charge in [0.2, 0.25) is 5.91 Å². The van der Waals surface area contributed by atoms with Crippen LogP contribution in [-0.2, 0) is 11.2 Å². The molecule has 2 aromatic rings. The molecule has 0 aliphatic carbocycles. The third-order valence-corrected chi connectivity index (χ3v) is 4.71. The zero-order valence-corrected chi connectivity index (χ0v) is 14.1. The lowest BCUT2D eigenvalue weighted by atomic mass is 9.91. The Labute approximate surface area is 138 Å². The molecule has 0 fully saturated rings. The molecule has 0 bridgehead atoms. The van der Waals surface area contributed by atoms with E-state index < -0.39 is 0 Å². The molecule has 1 atom stereocenters. The molecule has 1 unspecified atom stereocenters. The summed E-state index contributed by atoms with van der Waals surface area (Å²) in [5, 5.41) is 3.07. The van der Waals surface area contributed by atoms with Crippen molar-refractivity contribution in [2.45, 2.75) is 32.7 Å². The van der Waals surface area contributed by atoms with Crippen LogP contribution in [0.4, 0.5) is 5.69 Å². The van der Waals surface area contributed by atoms with E-state index in [0.717, 1.165) is 24.2 Å². The average molecular weight is 308 g/mol. The molecule has 1 aliphatic rings. The van der Waals surface area contributed by atoms with E-state index in [0.29, 0.717) is 6.42 Å². The highest BCUT2D eigenvalue weighted by atomic mass is 16.1. The van der Waals surface area contributed by atoms with Gasteiger partial charge in [-0.25, -0.2) is 0 Å². The Morgan fingerprint density at radius 3 is 2.78 bits per heavy atom. The number of nitrogens with one attached hydrogen (secondary N) is 1. The summed E-state index contributed by atoms with van der Waals surface area (Å²) in [4.78, 5) is 14.8. The van der Waals surface area contributed by atoms with Gasteiger partial charge in [-0.1, -0.05) is 42.0 Å². The smallest absolute Gasteiger partial charge is 0.226 e. The number of aryl methyl sites for hydroxylation is 2. The van der Waals surface area contributed by atoms with Gasteiger partial charge in [0.05, 0.1) is 0 Å². The van der Waals surface area contributed by atoms with Crippen molar-refractivity contribution < 1.29 is 4.79 Å². The number of rotatable bonds is 3. The van der Waals surface area contributed by atoms with Crippen LogP contribution in [0.5, 0.6) is 0 Å². The molecule has 1 heterocycles. The molecule has 1 aliphatic heterocycles. The van der Waals surface area contributed by atoms with Gasteiger partial charge in [0.25, 0.3) is 0 Å². The average Bonchev–Trinajstić information content (AvgIpc) is 2.53. The van der Waals surface area contributed by atoms with Crippen LogP contribution in [0.2, 0.25) is 0 Å². The van der Waals surface area contributed by atoms with E-state index in [9.17, 15) is 4.79 Å². The van der Waals surface area contributed by atoms with Gasteiger partial charge in [0, 0.05) is 24.7 Å². The van der Waals surface area contributed by atoms with Crippen molar-refractivity contribution in [2.24, 2.45) is 0 Å². The lowest BCUT2D eigenvalue weighted by Crippen LogP contribution is -2.34. The van der Waals surface area contributed by atoms with Crippen LogP contribution in [0.3, 0.4) is 0 Å². The van der Waals surface area contributed by atoms with Crippen LogP contribution in [0, 0.1) is 13.8 Å². The number of anilines is 1. The van der Waals surface area contributed by atoms with Crippen molar-refractivity contribution >= 4 is 11.6 Å². The largest absolute Gasteiger partial charge is 0.326 e. The minimum Gasteiger partial charge on any atom is -0.326 e. The van der Waals surface area contributed by atoms with Gasteiger partial charge >= 0.3 is 0 Å². The number of amides is 1. The molecule has 3 heteroatoms. The minimum atomic E-state index is 0.0745. The summed E-state index contributed by atoms with van der Waals surface area (Å²) in [6.45, 7) is 5.09. The normalized spacial score (nSPS) is 17.6. The van der Waals surface area contributed by atoms with E-state index in [2.05, 4.69) is 54.5 Å². The van der Waals surface area contributed by atoms with E-state index >= 15 is 0 Å². The Morgan fingerprint density at radius 2 is 2.00 bits per heavy atom. The lowest BCUT2D eigenvalue weighted by Gasteiger charge is -2.34. The standard InChI is InChI=1S/C20H24N2O/c1-14-8-9-18(15(2)12-14)21-20(23)13-19-17-7-5-4-6-16(17)10-11-22(19)3/h4-9,12,19H,10-11,13H2,1-3H3,(H,21,23). The SMILES string of the molecule is Cc1ccc(NC(=O)CC2c3ccccc3CCN2C)c(C)c1. The number of nitrogens with zero attached hydrogens (tertiary/aromatic N) is 1. The summed E-state index contributed by atoms with van der Waals surface area (Å²) in [5.41, 5.74) is 5.89. The number of carbonyl (C=O) groups is 1. The molecule has 2 aromatic carbocycles. The van der Waals surface area contributed by atoms with Gasteiger partial charge in [0.15, 0.2) is 0 Å². The van der Waals surface area contributed by atoms with Crippen molar-refractivity contribution in [1.29, 1.82) is 0 Å². The molecule has 0 aromatic heterocycles. The maximum atomic E-state index is 12.5. The molecule has 1 amide bonds. The maximum Gasteiger partial charge on any atom is 0.226 e. The first-order valence-electron chi connectivity index (χ1n) is 8.20. The fourth-order valence-electron chi connectivity index (χ4n) is 3.37. The molecular weight excluding hydrogens is 284 g/mol. The van der Waals surface area contributed by atoms with Crippen LogP contribution in [0.25, 0.3) is 0 Å². The first-order valence-corrected chi connectivity index (χ1v) is 8.20. The van der Waals surface area contributed by atoms with E-state index in [1.807, 2.05) is 19.1 Å². The maximum absolute atomic E-state index is 12.5. The van der Waals surface area contributed by atoms with Crippen molar-refractivity contribution in [3.05, 3.63) is 64.7 Å². The fraction of sp³-hybridized carbons (Fsp3) is 0.350. The van der Waals surface area contributed by atoms with Crippen LogP contribution in [0.15, 0.2) is 42.5 Å². The Morgan fingerprint density at radius 1 is 1.22 bits per heavy atom. The Hall–Kier alpha value is -2.13. The molecule has 3 rings (SSSR count). The van der Waals surface area contributed by atoms with Gasteiger partial charge in [-0.05, 0) is 50.1 Å². The summed E-state index contributed by atoms with van der Waals surface area (Å²) in [7, 11) is 2.10. The zero-order chi connectivity index (χ0) is 16.4. The molecular formula is C20H24N2O. The summed E-state index contributed by atoms with van der Waals surface area (Å²) >= 11 is 0. The second kappa shape index (κ2) is 6.55. The number of hydrogen-bond donors (Lipinski definition) is 1. The van der Waals surface area contributed by atoms with Crippen LogP contribution < -0.4 is 5.32 Å². The number of benzene rings is 2. The zero-order valence-electron chi connectivity index (χ0n) is 14.1. The summed E-state index contributed by atoms with van der Waals surface area (Å²) in [6.07, 6.45) is 1.54. The highest BCUT2D eigenvalue weighted by Gasteiger charge is 2.26. The number of fused-ring (bicyclic) bond motifs is 1. The molecule has 0 radical (unpaired) electrons. The Kier molecular flexibility index (Phi) is 4.49. The van der Waals surface area contributed by atoms with Gasteiger partial charge < -0.3 is 5.32 Å². The molecule has 120 valence electrons. The first kappa shape index (κ1) is 15.8. The second-order valence-electron chi connectivity index (χ2n) is 6.52. The third-order valence-electron chi connectivity index (χ3n) is 4.71. The van der Waals surface area contributed by atoms with E-state index in [1.54, 1.807) is 0 Å². The Balaban J connectivity index is 1.75. The van der Waals surface area contributed by atoms with Crippen molar-refractivity contribution in [2.75, 3.05) is 18.9 Å². The van der Waals surface area contributed by atoms with Crippen LogP contribution in [-0.4, -0.2) is 24.4 Å². The molecule has 3 nitrogen and oxygen atoms in total. The van der Waals surface area contributed by atoms with Crippen molar-refractivity contribution in [3.8, 4) is 0 Å². The quantitative estimate of drug-likeness (QED) is 0.934. The highest BCUT2D eigenvalue weighted by Crippen LogP contribution is 2.31. The van der Waals surface area contributed by atoms with E-state index in [1.165, 1.54) is 16.7 Å². The predicted octanol–water partition coefficient (Wildman–Crippen LogP) is 3.86. The fourth-order valence-corrected chi connectivity index (χ4v) is 3.37. The lowest BCUT2D eigenvalue weighted by molar-refractivity contribution is -0.117. The molecule has 23 heavy (non-hydrogen) atoms. The van der Waals surface area contributed by atoms with Gasteiger partial charge in [0.1, 0.15) is 0 Å². The minimum absolute atomic E-state index is 0.0745. The van der Waals surface area contributed by atoms with E-state index in [4.69, 9.17) is 0 Å². The number of likely N-dealkylation sites (N-methyl/N-ethyl adjacent to an activating group) is 1. The topological polar surface area (TPSA) is 32.3 Å². The highest BCUT2D eigenvalue weighted by molar-refractivity contribution is 5.92. The van der Waals surface area contributed by atoms with Gasteiger partial charge in [-0.15, -0.1) is 0 Å². The van der Waals surface area contributed by atoms with Crippen LogP contribution in [0.1, 0.15) is 34.7 Å². The summed E-state index contributed by atoms with van der Waals surface area (Å²) in [5.74, 6) is 0.0745. The molecule has 0 saturated heterocycles. The van der Waals surface area contributed by atoms with Crippen molar-refractivity contribution in [1.82, 2.24) is 4.90 Å². The molecule has 0 saturated carbocycles. The second-order valence-corrected chi connectivity index (χ2v) is 6.52. The monoisotopic (exact) mass is 308 g/mol. The van der Waals surface area contributed by atoms with Gasteiger partial charge in [-0.2, -0.15) is 0 Å². The van der Waals surface area contributed by atoms with Gasteiger partial charge in [-0.3, -0.25) is 9.69 Å². The van der Waals surface area contributed by atoms with Crippen molar-refractivity contribution in [3.63, 3.8) is 0 Å². The number of carbonyl (C=O) groups excluding carboxylic acids is 1. The molecule has 1 N–H and O–H groups in total. The Bertz CT molecular complexity index is 723. The summed E-state index contributed by atoms with van der Waals surface area (Å²) in [6, 6.07) is 14.7. The van der Waals surface area contributed by atoms with Crippen LogP contribution >= 0.6 is 0 Å².